The van der Waals surface area contributed by atoms with Crippen molar-refractivity contribution in [3.63, 3.8) is 0 Å². The molecule has 3 fully saturated rings. The summed E-state index contributed by atoms with van der Waals surface area (Å²) in [7, 11) is 0. The molecule has 6 heteroatoms. The van der Waals surface area contributed by atoms with E-state index in [-0.39, 0.29) is 5.92 Å². The molecule has 0 aromatic carbocycles. The first-order valence-electron chi connectivity index (χ1n) is 11.6. The second-order valence-electron chi connectivity index (χ2n) is 9.75. The van der Waals surface area contributed by atoms with Gasteiger partial charge in [-0.05, 0) is 50.4 Å². The lowest BCUT2D eigenvalue weighted by Gasteiger charge is -2.32. The molecule has 160 valence electrons. The van der Waals surface area contributed by atoms with Gasteiger partial charge < -0.3 is 9.42 Å². The molecule has 3 aliphatic rings. The Morgan fingerprint density at radius 1 is 1.13 bits per heavy atom. The first-order chi connectivity index (χ1) is 14.5. The largest absolute Gasteiger partial charge is 0.356 e. The third kappa shape index (κ3) is 3.54. The molecule has 0 spiro atoms. The number of hydrogen-bond acceptors (Lipinski definition) is 5. The number of fused-ring (bicyclic) bond motifs is 1. The number of piperidine rings is 1. The van der Waals surface area contributed by atoms with Gasteiger partial charge in [-0.15, -0.1) is 0 Å². The van der Waals surface area contributed by atoms with Crippen molar-refractivity contribution in [2.24, 2.45) is 17.8 Å². The van der Waals surface area contributed by atoms with Gasteiger partial charge in [0, 0.05) is 37.2 Å². The highest BCUT2D eigenvalue weighted by atomic mass is 16.5. The zero-order chi connectivity index (χ0) is 20.8. The summed E-state index contributed by atoms with van der Waals surface area (Å²) in [5.74, 6) is 4.36. The van der Waals surface area contributed by atoms with Gasteiger partial charge in [-0.25, -0.2) is 9.97 Å². The van der Waals surface area contributed by atoms with Crippen LogP contribution in [0.1, 0.15) is 81.4 Å². The van der Waals surface area contributed by atoms with Crippen molar-refractivity contribution in [3.05, 3.63) is 29.5 Å². The van der Waals surface area contributed by atoms with Crippen LogP contribution in [0.2, 0.25) is 0 Å². The normalized spacial score (nSPS) is 26.7. The number of carbonyl (C=O) groups is 1. The van der Waals surface area contributed by atoms with Gasteiger partial charge >= 0.3 is 0 Å². The van der Waals surface area contributed by atoms with Crippen molar-refractivity contribution >= 4 is 5.91 Å². The van der Waals surface area contributed by atoms with Gasteiger partial charge in [0.25, 0.3) is 0 Å². The van der Waals surface area contributed by atoms with Gasteiger partial charge in [-0.2, -0.15) is 0 Å². The van der Waals surface area contributed by atoms with E-state index in [4.69, 9.17) is 14.5 Å². The molecule has 0 bridgehead atoms. The van der Waals surface area contributed by atoms with Crippen LogP contribution in [0.5, 0.6) is 0 Å². The average molecular weight is 409 g/mol. The monoisotopic (exact) mass is 408 g/mol. The Morgan fingerprint density at radius 2 is 1.83 bits per heavy atom. The van der Waals surface area contributed by atoms with Crippen molar-refractivity contribution in [1.82, 2.24) is 20.0 Å². The molecule has 2 aromatic rings. The molecule has 0 radical (unpaired) electrons. The van der Waals surface area contributed by atoms with E-state index in [0.29, 0.717) is 29.6 Å². The van der Waals surface area contributed by atoms with Gasteiger partial charge in [0.05, 0.1) is 17.0 Å². The number of likely N-dealkylation sites (tertiary alicyclic amines) is 1. The van der Waals surface area contributed by atoms with E-state index >= 15 is 0 Å². The smallest absolute Gasteiger partial charge is 0.226 e. The third-order valence-corrected chi connectivity index (χ3v) is 7.39. The topological polar surface area (TPSA) is 72.1 Å². The maximum atomic E-state index is 13.0. The molecule has 3 heterocycles. The van der Waals surface area contributed by atoms with Crippen LogP contribution < -0.4 is 0 Å². The number of amides is 1. The Balaban J connectivity index is 1.27. The van der Waals surface area contributed by atoms with Crippen LogP contribution in [0.4, 0.5) is 0 Å². The number of aromatic nitrogens is 3. The molecule has 1 saturated heterocycles. The van der Waals surface area contributed by atoms with E-state index in [1.54, 1.807) is 0 Å². The summed E-state index contributed by atoms with van der Waals surface area (Å²) in [5.41, 5.74) is 2.80. The standard InChI is InChI=1S/C24H32N4O2/c1-14(2)22-19(20-12-15(3)27-30-20)13-25-23(26-22)16-8-10-28(11-9-16)24(29)21-17-6-4-5-7-18(17)21/h12-14,16-18,21H,4-11H2,1-3H3/t17-,18+,21?. The number of nitrogens with zero attached hydrogens (tertiary/aromatic N) is 4. The Bertz CT molecular complexity index is 917. The Hall–Kier alpha value is -2.24. The zero-order valence-corrected chi connectivity index (χ0v) is 18.3. The van der Waals surface area contributed by atoms with E-state index in [9.17, 15) is 4.79 Å². The van der Waals surface area contributed by atoms with E-state index in [1.807, 2.05) is 19.2 Å². The van der Waals surface area contributed by atoms with Crippen LogP contribution in [0.15, 0.2) is 16.8 Å². The Morgan fingerprint density at radius 3 is 2.43 bits per heavy atom. The molecule has 5 rings (SSSR count). The second-order valence-corrected chi connectivity index (χ2v) is 9.75. The fraction of sp³-hybridized carbons (Fsp3) is 0.667. The summed E-state index contributed by atoms with van der Waals surface area (Å²) in [6.07, 6.45) is 8.95. The van der Waals surface area contributed by atoms with Crippen LogP contribution >= 0.6 is 0 Å². The summed E-state index contributed by atoms with van der Waals surface area (Å²) in [6.45, 7) is 7.89. The SMILES string of the molecule is Cc1cc(-c2cnc(C3CCN(C(=O)C4[C@H]5CCCC[C@@H]45)CC3)nc2C(C)C)on1. The lowest BCUT2D eigenvalue weighted by Crippen LogP contribution is -2.39. The molecule has 6 nitrogen and oxygen atoms in total. The third-order valence-electron chi connectivity index (χ3n) is 7.39. The van der Waals surface area contributed by atoms with E-state index < -0.39 is 0 Å². The lowest BCUT2D eigenvalue weighted by molar-refractivity contribution is -0.134. The number of carbonyl (C=O) groups excluding carboxylic acids is 1. The first-order valence-corrected chi connectivity index (χ1v) is 11.6. The fourth-order valence-electron chi connectivity index (χ4n) is 5.65. The summed E-state index contributed by atoms with van der Waals surface area (Å²) >= 11 is 0. The van der Waals surface area contributed by atoms with Gasteiger partial charge in [-0.1, -0.05) is 31.8 Å². The molecule has 30 heavy (non-hydrogen) atoms. The molecule has 2 aliphatic carbocycles. The molecule has 2 saturated carbocycles. The molecule has 1 aliphatic heterocycles. The van der Waals surface area contributed by atoms with Crippen molar-refractivity contribution < 1.29 is 9.32 Å². The predicted molar refractivity (Wildman–Crippen MR) is 114 cm³/mol. The van der Waals surface area contributed by atoms with E-state index in [1.165, 1.54) is 25.7 Å². The van der Waals surface area contributed by atoms with E-state index in [2.05, 4.69) is 23.9 Å². The summed E-state index contributed by atoms with van der Waals surface area (Å²) in [6, 6.07) is 1.93. The molecule has 3 atom stereocenters. The maximum absolute atomic E-state index is 13.0. The van der Waals surface area contributed by atoms with Gasteiger partial charge in [0.2, 0.25) is 5.91 Å². The second kappa shape index (κ2) is 7.78. The molecule has 2 aromatic heterocycles. The highest BCUT2D eigenvalue weighted by Crippen LogP contribution is 2.56. The summed E-state index contributed by atoms with van der Waals surface area (Å²) in [4.78, 5) is 24.8. The van der Waals surface area contributed by atoms with Crippen LogP contribution in [-0.4, -0.2) is 39.0 Å². The minimum Gasteiger partial charge on any atom is -0.356 e. The molecule has 1 unspecified atom stereocenters. The van der Waals surface area contributed by atoms with Crippen molar-refractivity contribution in [3.8, 4) is 11.3 Å². The van der Waals surface area contributed by atoms with Gasteiger partial charge in [0.1, 0.15) is 5.82 Å². The first kappa shape index (κ1) is 19.7. The van der Waals surface area contributed by atoms with Crippen LogP contribution in [0.3, 0.4) is 0 Å². The number of aryl methyl sites for hydroxylation is 1. The highest BCUT2D eigenvalue weighted by molar-refractivity contribution is 5.82. The zero-order valence-electron chi connectivity index (χ0n) is 18.3. The van der Waals surface area contributed by atoms with Crippen LogP contribution in [0.25, 0.3) is 11.3 Å². The van der Waals surface area contributed by atoms with Crippen molar-refractivity contribution in [2.45, 2.75) is 71.1 Å². The van der Waals surface area contributed by atoms with E-state index in [0.717, 1.165) is 54.5 Å². The number of rotatable bonds is 4. The quantitative estimate of drug-likeness (QED) is 0.733. The van der Waals surface area contributed by atoms with Crippen LogP contribution in [0, 0.1) is 24.7 Å². The fourth-order valence-corrected chi connectivity index (χ4v) is 5.65. The molecule has 1 amide bonds. The Labute approximate surface area is 178 Å². The molecule has 0 N–H and O–H groups in total. The summed E-state index contributed by atoms with van der Waals surface area (Å²) in [5, 5.41) is 4.01. The molecular weight excluding hydrogens is 376 g/mol. The minimum atomic E-state index is 0.270. The minimum absolute atomic E-state index is 0.270. The lowest BCUT2D eigenvalue weighted by atomic mass is 9.94. The maximum Gasteiger partial charge on any atom is 0.226 e. The van der Waals surface area contributed by atoms with Crippen molar-refractivity contribution in [2.75, 3.05) is 13.1 Å². The summed E-state index contributed by atoms with van der Waals surface area (Å²) < 4.78 is 5.46. The average Bonchev–Trinajstić information content (AvgIpc) is 3.35. The van der Waals surface area contributed by atoms with Crippen molar-refractivity contribution in [1.29, 1.82) is 0 Å². The number of hydrogen-bond donors (Lipinski definition) is 0. The van der Waals surface area contributed by atoms with Gasteiger partial charge in [0.15, 0.2) is 5.76 Å². The Kier molecular flexibility index (Phi) is 5.11. The van der Waals surface area contributed by atoms with Gasteiger partial charge in [-0.3, -0.25) is 4.79 Å². The predicted octanol–water partition coefficient (Wildman–Crippen LogP) is 4.71. The molecular formula is C24H32N4O2. The highest BCUT2D eigenvalue weighted by Gasteiger charge is 2.55. The van der Waals surface area contributed by atoms with Crippen LogP contribution in [-0.2, 0) is 4.79 Å².